The summed E-state index contributed by atoms with van der Waals surface area (Å²) < 4.78 is 5.44. The predicted octanol–water partition coefficient (Wildman–Crippen LogP) is 3.75. The molecule has 0 bridgehead atoms. The van der Waals surface area contributed by atoms with Crippen molar-refractivity contribution in [3.8, 4) is 0 Å². The summed E-state index contributed by atoms with van der Waals surface area (Å²) in [6.45, 7) is 2.42. The Kier molecular flexibility index (Phi) is 4.44. The van der Waals surface area contributed by atoms with E-state index >= 15 is 0 Å². The molecule has 2 aromatic carbocycles. The van der Waals surface area contributed by atoms with E-state index in [0.29, 0.717) is 17.0 Å². The molecule has 5 heteroatoms. The molecule has 1 unspecified atom stereocenters. The van der Waals surface area contributed by atoms with Gasteiger partial charge in [0.15, 0.2) is 0 Å². The Morgan fingerprint density at radius 2 is 1.89 bits per heavy atom. The van der Waals surface area contributed by atoms with Crippen LogP contribution in [-0.4, -0.2) is 16.9 Å². The summed E-state index contributed by atoms with van der Waals surface area (Å²) in [5.41, 5.74) is 10.7. The summed E-state index contributed by atoms with van der Waals surface area (Å²) in [4.78, 5) is 27.1. The molecular weight excluding hydrogens is 340 g/mol. The highest BCUT2D eigenvalue weighted by atomic mass is 16.5. The lowest BCUT2D eigenvalue weighted by molar-refractivity contribution is 0.0472. The molecule has 0 saturated carbocycles. The minimum atomic E-state index is -0.476. The maximum Gasteiger partial charge on any atom is 0.338 e. The van der Waals surface area contributed by atoms with Crippen LogP contribution in [0.4, 0.5) is 0 Å². The maximum absolute atomic E-state index is 12.5. The number of ether oxygens (including phenoxy) is 1. The SMILES string of the molecule is CC1CCc2[nH]c3ccc(C(=O)OCc4ccc(C(N)=O)cc4)cc3c2C1. The molecule has 4 rings (SSSR count). The number of aryl methyl sites for hydroxylation is 1. The summed E-state index contributed by atoms with van der Waals surface area (Å²) in [7, 11) is 0. The monoisotopic (exact) mass is 362 g/mol. The zero-order valence-electron chi connectivity index (χ0n) is 15.2. The van der Waals surface area contributed by atoms with Gasteiger partial charge in [0.2, 0.25) is 5.91 Å². The molecule has 1 amide bonds. The number of carbonyl (C=O) groups excluding carboxylic acids is 2. The number of nitrogens with two attached hydrogens (primary N) is 1. The minimum Gasteiger partial charge on any atom is -0.457 e. The van der Waals surface area contributed by atoms with Crippen LogP contribution in [0, 0.1) is 5.92 Å². The van der Waals surface area contributed by atoms with Crippen molar-refractivity contribution in [3.05, 3.63) is 70.4 Å². The van der Waals surface area contributed by atoms with Gasteiger partial charge in [0.1, 0.15) is 6.61 Å². The molecule has 27 heavy (non-hydrogen) atoms. The van der Waals surface area contributed by atoms with Crippen LogP contribution in [0.5, 0.6) is 0 Å². The first-order valence-corrected chi connectivity index (χ1v) is 9.20. The van der Waals surface area contributed by atoms with Crippen molar-refractivity contribution in [2.75, 3.05) is 0 Å². The highest BCUT2D eigenvalue weighted by Gasteiger charge is 2.20. The second kappa shape index (κ2) is 6.91. The Morgan fingerprint density at radius 3 is 2.63 bits per heavy atom. The molecule has 0 saturated heterocycles. The lowest BCUT2D eigenvalue weighted by atomic mass is 9.87. The van der Waals surface area contributed by atoms with Crippen molar-refractivity contribution >= 4 is 22.8 Å². The van der Waals surface area contributed by atoms with Crippen LogP contribution in [0.1, 0.15) is 50.9 Å². The molecule has 3 aromatic rings. The lowest BCUT2D eigenvalue weighted by Gasteiger charge is -2.18. The van der Waals surface area contributed by atoms with Crippen LogP contribution in [0.25, 0.3) is 10.9 Å². The predicted molar refractivity (Wildman–Crippen MR) is 104 cm³/mol. The van der Waals surface area contributed by atoms with Gasteiger partial charge in [-0.3, -0.25) is 4.79 Å². The summed E-state index contributed by atoms with van der Waals surface area (Å²) in [5, 5.41) is 1.12. The average Bonchev–Trinajstić information content (AvgIpc) is 3.03. The van der Waals surface area contributed by atoms with Crippen molar-refractivity contribution in [2.45, 2.75) is 32.8 Å². The third-order valence-electron chi connectivity index (χ3n) is 5.28. The number of aromatic amines is 1. The Hall–Kier alpha value is -3.08. The van der Waals surface area contributed by atoms with Crippen molar-refractivity contribution in [1.82, 2.24) is 4.98 Å². The van der Waals surface area contributed by atoms with Gasteiger partial charge in [-0.15, -0.1) is 0 Å². The second-order valence-corrected chi connectivity index (χ2v) is 7.33. The fourth-order valence-corrected chi connectivity index (χ4v) is 3.72. The number of nitrogens with one attached hydrogen (secondary N) is 1. The second-order valence-electron chi connectivity index (χ2n) is 7.33. The van der Waals surface area contributed by atoms with Crippen LogP contribution < -0.4 is 5.73 Å². The third kappa shape index (κ3) is 3.45. The van der Waals surface area contributed by atoms with Crippen molar-refractivity contribution in [3.63, 3.8) is 0 Å². The smallest absolute Gasteiger partial charge is 0.338 e. The Bertz CT molecular complexity index is 1020. The molecule has 138 valence electrons. The number of benzene rings is 2. The zero-order chi connectivity index (χ0) is 19.0. The first-order chi connectivity index (χ1) is 13.0. The first kappa shape index (κ1) is 17.3. The number of fused-ring (bicyclic) bond motifs is 3. The molecule has 0 spiro atoms. The molecule has 5 nitrogen and oxygen atoms in total. The molecule has 0 aliphatic heterocycles. The highest BCUT2D eigenvalue weighted by Crippen LogP contribution is 2.32. The molecule has 1 aliphatic carbocycles. The molecule has 0 radical (unpaired) electrons. The van der Waals surface area contributed by atoms with Crippen LogP contribution in [-0.2, 0) is 24.2 Å². The van der Waals surface area contributed by atoms with E-state index in [1.807, 2.05) is 12.1 Å². The maximum atomic E-state index is 12.5. The van der Waals surface area contributed by atoms with Gasteiger partial charge in [-0.25, -0.2) is 4.79 Å². The number of esters is 1. The van der Waals surface area contributed by atoms with E-state index in [9.17, 15) is 9.59 Å². The zero-order valence-corrected chi connectivity index (χ0v) is 15.2. The normalized spacial score (nSPS) is 16.1. The molecule has 3 N–H and O–H groups in total. The van der Waals surface area contributed by atoms with E-state index in [1.54, 1.807) is 30.3 Å². The van der Waals surface area contributed by atoms with E-state index in [2.05, 4.69) is 11.9 Å². The van der Waals surface area contributed by atoms with Crippen molar-refractivity contribution in [2.24, 2.45) is 11.7 Å². The standard InChI is InChI=1S/C22H22N2O3/c1-13-2-8-19-17(10-13)18-11-16(7-9-20(18)24-19)22(26)27-12-14-3-5-15(6-4-14)21(23)25/h3-7,9,11,13,24H,2,8,10,12H2,1H3,(H2,23,25). The van der Waals surface area contributed by atoms with Crippen LogP contribution in [0.2, 0.25) is 0 Å². The molecule has 0 fully saturated rings. The summed E-state index contributed by atoms with van der Waals surface area (Å²) in [6, 6.07) is 12.4. The first-order valence-electron chi connectivity index (χ1n) is 9.20. The number of H-pyrrole nitrogens is 1. The highest BCUT2D eigenvalue weighted by molar-refractivity contribution is 5.96. The van der Waals surface area contributed by atoms with Crippen LogP contribution >= 0.6 is 0 Å². The minimum absolute atomic E-state index is 0.151. The lowest BCUT2D eigenvalue weighted by Crippen LogP contribution is -2.11. The Balaban J connectivity index is 1.51. The molecule has 1 heterocycles. The van der Waals surface area contributed by atoms with E-state index < -0.39 is 5.91 Å². The fraction of sp³-hybridized carbons (Fsp3) is 0.273. The van der Waals surface area contributed by atoms with E-state index in [1.165, 1.54) is 17.7 Å². The Morgan fingerprint density at radius 1 is 1.15 bits per heavy atom. The quantitative estimate of drug-likeness (QED) is 0.693. The number of carbonyl (C=O) groups is 2. The third-order valence-corrected chi connectivity index (χ3v) is 5.28. The molecular formula is C22H22N2O3. The molecule has 1 aliphatic rings. The Labute approximate surface area is 157 Å². The van der Waals surface area contributed by atoms with Gasteiger partial charge in [-0.1, -0.05) is 19.1 Å². The fourth-order valence-electron chi connectivity index (χ4n) is 3.72. The van der Waals surface area contributed by atoms with Gasteiger partial charge in [0.05, 0.1) is 5.56 Å². The number of primary amides is 1. The molecule has 1 aromatic heterocycles. The van der Waals surface area contributed by atoms with E-state index in [-0.39, 0.29) is 12.6 Å². The topological polar surface area (TPSA) is 85.2 Å². The summed E-state index contributed by atoms with van der Waals surface area (Å²) >= 11 is 0. The van der Waals surface area contributed by atoms with Gasteiger partial charge in [0, 0.05) is 22.2 Å². The number of hydrogen-bond acceptors (Lipinski definition) is 3. The van der Waals surface area contributed by atoms with Crippen molar-refractivity contribution < 1.29 is 14.3 Å². The largest absolute Gasteiger partial charge is 0.457 e. The average molecular weight is 362 g/mol. The summed E-state index contributed by atoms with van der Waals surface area (Å²) in [6.07, 6.45) is 3.30. The van der Waals surface area contributed by atoms with Gasteiger partial charge in [0.25, 0.3) is 0 Å². The number of amides is 1. The molecule has 1 atom stereocenters. The van der Waals surface area contributed by atoms with E-state index in [0.717, 1.165) is 29.3 Å². The number of aromatic nitrogens is 1. The van der Waals surface area contributed by atoms with Gasteiger partial charge < -0.3 is 15.5 Å². The number of rotatable bonds is 4. The van der Waals surface area contributed by atoms with E-state index in [4.69, 9.17) is 10.5 Å². The van der Waals surface area contributed by atoms with Crippen molar-refractivity contribution in [1.29, 1.82) is 0 Å². The van der Waals surface area contributed by atoms with Gasteiger partial charge >= 0.3 is 5.97 Å². The summed E-state index contributed by atoms with van der Waals surface area (Å²) in [5.74, 6) is -0.166. The van der Waals surface area contributed by atoms with Gasteiger partial charge in [-0.05, 0) is 66.6 Å². The number of hydrogen-bond donors (Lipinski definition) is 2. The van der Waals surface area contributed by atoms with Crippen LogP contribution in [0.15, 0.2) is 42.5 Å². The van der Waals surface area contributed by atoms with Crippen LogP contribution in [0.3, 0.4) is 0 Å². The van der Waals surface area contributed by atoms with Gasteiger partial charge in [-0.2, -0.15) is 0 Å².